The van der Waals surface area contributed by atoms with E-state index in [4.69, 9.17) is 4.42 Å². The molecule has 0 saturated carbocycles. The van der Waals surface area contributed by atoms with Gasteiger partial charge in [-0.15, -0.1) is 0 Å². The van der Waals surface area contributed by atoms with Crippen LogP contribution >= 0.6 is 0 Å². The van der Waals surface area contributed by atoms with Crippen molar-refractivity contribution < 1.29 is 9.21 Å². The minimum Gasteiger partial charge on any atom is -0.464 e. The van der Waals surface area contributed by atoms with Gasteiger partial charge in [0.1, 0.15) is 5.58 Å². The van der Waals surface area contributed by atoms with Crippen LogP contribution in [0.3, 0.4) is 0 Å². The molecule has 3 heteroatoms. The Morgan fingerprint density at radius 1 is 1.05 bits per heavy atom. The molecule has 1 atom stereocenters. The van der Waals surface area contributed by atoms with Gasteiger partial charge < -0.3 is 9.73 Å². The zero-order valence-corrected chi connectivity index (χ0v) is 11.2. The smallest absolute Gasteiger partial charge is 0.252 e. The van der Waals surface area contributed by atoms with Crippen LogP contribution in [0.2, 0.25) is 0 Å². The second-order valence-electron chi connectivity index (χ2n) is 4.74. The molecule has 0 aliphatic carbocycles. The molecule has 0 saturated heterocycles. The SMILES string of the molecule is CC(NC(=O)c1cccc2occc12)c1ccccc1. The van der Waals surface area contributed by atoms with Crippen molar-refractivity contribution >= 4 is 16.9 Å². The van der Waals surface area contributed by atoms with E-state index in [1.54, 1.807) is 6.26 Å². The molecule has 2 aromatic carbocycles. The van der Waals surface area contributed by atoms with Crippen LogP contribution in [0.15, 0.2) is 65.3 Å². The first-order valence-electron chi connectivity index (χ1n) is 6.58. The summed E-state index contributed by atoms with van der Waals surface area (Å²) in [6, 6.07) is 17.2. The van der Waals surface area contributed by atoms with E-state index in [0.717, 1.165) is 16.5 Å². The highest BCUT2D eigenvalue weighted by molar-refractivity contribution is 6.06. The fraction of sp³-hybridized carbons (Fsp3) is 0.118. The predicted molar refractivity (Wildman–Crippen MR) is 78.5 cm³/mol. The van der Waals surface area contributed by atoms with E-state index in [2.05, 4.69) is 5.32 Å². The molecule has 0 bridgehead atoms. The molecule has 3 rings (SSSR count). The Morgan fingerprint density at radius 3 is 2.65 bits per heavy atom. The molecule has 0 fully saturated rings. The molecule has 0 aliphatic rings. The van der Waals surface area contributed by atoms with E-state index in [1.165, 1.54) is 0 Å². The number of amides is 1. The highest BCUT2D eigenvalue weighted by atomic mass is 16.3. The van der Waals surface area contributed by atoms with Gasteiger partial charge >= 0.3 is 0 Å². The van der Waals surface area contributed by atoms with Gasteiger partial charge in [-0.05, 0) is 30.7 Å². The number of rotatable bonds is 3. The van der Waals surface area contributed by atoms with E-state index < -0.39 is 0 Å². The number of fused-ring (bicyclic) bond motifs is 1. The van der Waals surface area contributed by atoms with E-state index in [0.29, 0.717) is 5.56 Å². The van der Waals surface area contributed by atoms with Crippen molar-refractivity contribution in [2.75, 3.05) is 0 Å². The molecule has 100 valence electrons. The molecule has 3 nitrogen and oxygen atoms in total. The zero-order valence-electron chi connectivity index (χ0n) is 11.2. The molecule has 1 aromatic heterocycles. The lowest BCUT2D eigenvalue weighted by atomic mass is 10.1. The first kappa shape index (κ1) is 12.5. The van der Waals surface area contributed by atoms with E-state index in [-0.39, 0.29) is 11.9 Å². The molecule has 1 N–H and O–H groups in total. The van der Waals surface area contributed by atoms with Crippen molar-refractivity contribution in [3.8, 4) is 0 Å². The summed E-state index contributed by atoms with van der Waals surface area (Å²) in [7, 11) is 0. The quantitative estimate of drug-likeness (QED) is 0.779. The maximum absolute atomic E-state index is 12.4. The standard InChI is InChI=1S/C17H15NO2/c1-12(13-6-3-2-4-7-13)18-17(19)15-8-5-9-16-14(15)10-11-20-16/h2-12H,1H3,(H,18,19). The van der Waals surface area contributed by atoms with Crippen LogP contribution in [0.25, 0.3) is 11.0 Å². The topological polar surface area (TPSA) is 42.2 Å². The summed E-state index contributed by atoms with van der Waals surface area (Å²) in [4.78, 5) is 12.4. The van der Waals surface area contributed by atoms with Crippen molar-refractivity contribution in [3.05, 3.63) is 72.0 Å². The van der Waals surface area contributed by atoms with Gasteiger partial charge in [-0.25, -0.2) is 0 Å². The van der Waals surface area contributed by atoms with Crippen molar-refractivity contribution in [1.29, 1.82) is 0 Å². The van der Waals surface area contributed by atoms with Gasteiger partial charge in [-0.2, -0.15) is 0 Å². The van der Waals surface area contributed by atoms with Gasteiger partial charge in [0.2, 0.25) is 0 Å². The number of carbonyl (C=O) groups excluding carboxylic acids is 1. The van der Waals surface area contributed by atoms with Crippen molar-refractivity contribution in [2.24, 2.45) is 0 Å². The Bertz CT molecular complexity index is 731. The average Bonchev–Trinajstić information content (AvgIpc) is 2.96. The molecule has 1 amide bonds. The number of benzene rings is 2. The second kappa shape index (κ2) is 5.21. The summed E-state index contributed by atoms with van der Waals surface area (Å²) in [6.45, 7) is 1.97. The second-order valence-corrected chi connectivity index (χ2v) is 4.74. The first-order valence-corrected chi connectivity index (χ1v) is 6.58. The normalized spacial score (nSPS) is 12.2. The molecule has 0 radical (unpaired) electrons. The molecule has 20 heavy (non-hydrogen) atoms. The Balaban J connectivity index is 1.85. The van der Waals surface area contributed by atoms with Gasteiger partial charge in [0.15, 0.2) is 0 Å². The van der Waals surface area contributed by atoms with Crippen LogP contribution in [0, 0.1) is 0 Å². The van der Waals surface area contributed by atoms with E-state index in [9.17, 15) is 4.79 Å². The highest BCUT2D eigenvalue weighted by Crippen LogP contribution is 2.21. The van der Waals surface area contributed by atoms with E-state index >= 15 is 0 Å². The van der Waals surface area contributed by atoms with Gasteiger partial charge in [-0.1, -0.05) is 36.4 Å². The van der Waals surface area contributed by atoms with Crippen molar-refractivity contribution in [1.82, 2.24) is 5.32 Å². The number of nitrogens with one attached hydrogen (secondary N) is 1. The Morgan fingerprint density at radius 2 is 1.85 bits per heavy atom. The van der Waals surface area contributed by atoms with Crippen molar-refractivity contribution in [2.45, 2.75) is 13.0 Å². The third-order valence-corrected chi connectivity index (χ3v) is 3.39. The van der Waals surface area contributed by atoms with Crippen LogP contribution in [-0.2, 0) is 0 Å². The Hall–Kier alpha value is -2.55. The minimum atomic E-state index is -0.0895. The summed E-state index contributed by atoms with van der Waals surface area (Å²) < 4.78 is 5.32. The summed E-state index contributed by atoms with van der Waals surface area (Å²) in [5, 5.41) is 3.85. The molecular weight excluding hydrogens is 250 g/mol. The summed E-state index contributed by atoms with van der Waals surface area (Å²) in [5.41, 5.74) is 2.45. The Kier molecular flexibility index (Phi) is 3.25. The lowest BCUT2D eigenvalue weighted by molar-refractivity contribution is 0.0941. The van der Waals surface area contributed by atoms with Crippen LogP contribution in [0.1, 0.15) is 28.9 Å². The maximum Gasteiger partial charge on any atom is 0.252 e. The monoisotopic (exact) mass is 265 g/mol. The van der Waals surface area contributed by atoms with Crippen LogP contribution in [0.5, 0.6) is 0 Å². The van der Waals surface area contributed by atoms with Crippen LogP contribution in [0.4, 0.5) is 0 Å². The summed E-state index contributed by atoms with van der Waals surface area (Å²) in [5.74, 6) is -0.0895. The lowest BCUT2D eigenvalue weighted by Gasteiger charge is -2.14. The molecule has 1 unspecified atom stereocenters. The van der Waals surface area contributed by atoms with Gasteiger partial charge in [-0.3, -0.25) is 4.79 Å². The van der Waals surface area contributed by atoms with Gasteiger partial charge in [0, 0.05) is 5.39 Å². The van der Waals surface area contributed by atoms with E-state index in [1.807, 2.05) is 61.5 Å². The fourth-order valence-corrected chi connectivity index (χ4v) is 2.29. The largest absolute Gasteiger partial charge is 0.464 e. The molecular formula is C17H15NO2. The number of carbonyl (C=O) groups is 1. The Labute approximate surface area is 117 Å². The number of hydrogen-bond donors (Lipinski definition) is 1. The van der Waals surface area contributed by atoms with Gasteiger partial charge in [0.05, 0.1) is 17.9 Å². The predicted octanol–water partition coefficient (Wildman–Crippen LogP) is 3.92. The third-order valence-electron chi connectivity index (χ3n) is 3.39. The molecule has 1 heterocycles. The van der Waals surface area contributed by atoms with Gasteiger partial charge in [0.25, 0.3) is 5.91 Å². The molecule has 0 aliphatic heterocycles. The fourth-order valence-electron chi connectivity index (χ4n) is 2.29. The van der Waals surface area contributed by atoms with Crippen LogP contribution in [-0.4, -0.2) is 5.91 Å². The first-order chi connectivity index (χ1) is 9.75. The maximum atomic E-state index is 12.4. The lowest BCUT2D eigenvalue weighted by Crippen LogP contribution is -2.26. The minimum absolute atomic E-state index is 0.0362. The molecule has 3 aromatic rings. The summed E-state index contributed by atoms with van der Waals surface area (Å²) >= 11 is 0. The zero-order chi connectivity index (χ0) is 13.9. The number of furan rings is 1. The number of hydrogen-bond acceptors (Lipinski definition) is 2. The molecule has 0 spiro atoms. The average molecular weight is 265 g/mol. The summed E-state index contributed by atoms with van der Waals surface area (Å²) in [6.07, 6.45) is 1.60. The third kappa shape index (κ3) is 2.30. The van der Waals surface area contributed by atoms with Crippen LogP contribution < -0.4 is 5.32 Å². The highest BCUT2D eigenvalue weighted by Gasteiger charge is 2.14. The van der Waals surface area contributed by atoms with Crippen molar-refractivity contribution in [3.63, 3.8) is 0 Å².